The number of amides is 1. The van der Waals surface area contributed by atoms with Gasteiger partial charge in [0.2, 0.25) is 6.41 Å². The molecule has 1 amide bonds. The molecule has 3 nitrogen and oxygen atoms in total. The first-order valence-electron chi connectivity index (χ1n) is 5.47. The Morgan fingerprint density at radius 2 is 2.00 bits per heavy atom. The van der Waals surface area contributed by atoms with Crippen molar-refractivity contribution in [3.05, 3.63) is 30.1 Å². The third kappa shape index (κ3) is 2.78. The van der Waals surface area contributed by atoms with Crippen molar-refractivity contribution in [3.8, 4) is 0 Å². The summed E-state index contributed by atoms with van der Waals surface area (Å²) >= 11 is 0. The zero-order valence-corrected chi connectivity index (χ0v) is 8.80. The molecule has 2 rings (SSSR count). The van der Waals surface area contributed by atoms with Crippen molar-refractivity contribution in [2.75, 3.05) is 13.1 Å². The van der Waals surface area contributed by atoms with E-state index in [-0.39, 0.29) is 0 Å². The third-order valence-electron chi connectivity index (χ3n) is 3.07. The first-order chi connectivity index (χ1) is 7.38. The van der Waals surface area contributed by atoms with Gasteiger partial charge < -0.3 is 4.90 Å². The van der Waals surface area contributed by atoms with Gasteiger partial charge in [-0.3, -0.25) is 9.78 Å². The quantitative estimate of drug-likeness (QED) is 0.699. The smallest absolute Gasteiger partial charge is 0.209 e. The second-order valence-corrected chi connectivity index (χ2v) is 4.14. The van der Waals surface area contributed by atoms with Crippen LogP contribution in [0.4, 0.5) is 0 Å². The molecule has 2 heterocycles. The lowest BCUT2D eigenvalue weighted by Gasteiger charge is -2.29. The van der Waals surface area contributed by atoms with E-state index in [1.54, 1.807) is 0 Å². The number of hydrogen-bond acceptors (Lipinski definition) is 2. The normalized spacial score (nSPS) is 17.7. The predicted molar refractivity (Wildman–Crippen MR) is 58.3 cm³/mol. The summed E-state index contributed by atoms with van der Waals surface area (Å²) in [6.07, 6.45) is 8.02. The minimum atomic E-state index is 0.726. The molecule has 0 atom stereocenters. The number of hydrogen-bond donors (Lipinski definition) is 0. The molecule has 0 N–H and O–H groups in total. The molecular formula is C12H16N2O. The van der Waals surface area contributed by atoms with Crippen molar-refractivity contribution >= 4 is 6.41 Å². The van der Waals surface area contributed by atoms with E-state index >= 15 is 0 Å². The van der Waals surface area contributed by atoms with Crippen LogP contribution >= 0.6 is 0 Å². The van der Waals surface area contributed by atoms with Crippen LogP contribution in [0.3, 0.4) is 0 Å². The first kappa shape index (κ1) is 10.1. The molecule has 1 fully saturated rings. The van der Waals surface area contributed by atoms with E-state index in [1.807, 2.05) is 17.3 Å². The summed E-state index contributed by atoms with van der Waals surface area (Å²) in [5, 5.41) is 0. The number of pyridine rings is 1. The summed E-state index contributed by atoms with van der Waals surface area (Å²) in [5.74, 6) is 0.726. The van der Waals surface area contributed by atoms with Gasteiger partial charge in [0, 0.05) is 25.5 Å². The average molecular weight is 204 g/mol. The fourth-order valence-corrected chi connectivity index (χ4v) is 2.11. The molecular weight excluding hydrogens is 188 g/mol. The van der Waals surface area contributed by atoms with Crippen molar-refractivity contribution in [2.24, 2.45) is 5.92 Å². The highest BCUT2D eigenvalue weighted by Crippen LogP contribution is 2.20. The SMILES string of the molecule is O=CN1CCC(Cc2ccncc2)CC1. The van der Waals surface area contributed by atoms with Crippen molar-refractivity contribution in [2.45, 2.75) is 19.3 Å². The van der Waals surface area contributed by atoms with E-state index in [4.69, 9.17) is 0 Å². The van der Waals surface area contributed by atoms with E-state index in [0.717, 1.165) is 44.7 Å². The van der Waals surface area contributed by atoms with Gasteiger partial charge in [-0.1, -0.05) is 0 Å². The molecule has 0 aliphatic carbocycles. The topological polar surface area (TPSA) is 33.2 Å². The minimum Gasteiger partial charge on any atom is -0.345 e. The van der Waals surface area contributed by atoms with E-state index in [9.17, 15) is 4.79 Å². The van der Waals surface area contributed by atoms with Gasteiger partial charge in [-0.15, -0.1) is 0 Å². The summed E-state index contributed by atoms with van der Waals surface area (Å²) < 4.78 is 0. The monoisotopic (exact) mass is 204 g/mol. The Balaban J connectivity index is 1.85. The van der Waals surface area contributed by atoms with Gasteiger partial charge in [-0.2, -0.15) is 0 Å². The van der Waals surface area contributed by atoms with Crippen LogP contribution < -0.4 is 0 Å². The van der Waals surface area contributed by atoms with Gasteiger partial charge >= 0.3 is 0 Å². The van der Waals surface area contributed by atoms with Crippen LogP contribution in [-0.2, 0) is 11.2 Å². The van der Waals surface area contributed by atoms with Gasteiger partial charge in [0.1, 0.15) is 0 Å². The average Bonchev–Trinajstić information content (AvgIpc) is 2.31. The number of carbonyl (C=O) groups is 1. The molecule has 0 unspecified atom stereocenters. The van der Waals surface area contributed by atoms with E-state index in [2.05, 4.69) is 17.1 Å². The van der Waals surface area contributed by atoms with Gasteiger partial charge in [0.15, 0.2) is 0 Å². The van der Waals surface area contributed by atoms with Crippen LogP contribution in [0.15, 0.2) is 24.5 Å². The Morgan fingerprint density at radius 3 is 2.60 bits per heavy atom. The molecule has 0 aromatic carbocycles. The lowest BCUT2D eigenvalue weighted by molar-refractivity contribution is -0.119. The Morgan fingerprint density at radius 1 is 1.33 bits per heavy atom. The van der Waals surface area contributed by atoms with Crippen molar-refractivity contribution in [1.82, 2.24) is 9.88 Å². The maximum atomic E-state index is 10.5. The Kier molecular flexibility index (Phi) is 3.33. The molecule has 0 saturated carbocycles. The summed E-state index contributed by atoms with van der Waals surface area (Å²) in [6.45, 7) is 1.83. The number of likely N-dealkylation sites (tertiary alicyclic amines) is 1. The standard InChI is InChI=1S/C12H16N2O/c15-10-14-7-3-12(4-8-14)9-11-1-5-13-6-2-11/h1-2,5-6,10,12H,3-4,7-9H2. The zero-order valence-electron chi connectivity index (χ0n) is 8.80. The van der Waals surface area contributed by atoms with Crippen LogP contribution in [0.25, 0.3) is 0 Å². The van der Waals surface area contributed by atoms with Crippen molar-refractivity contribution in [3.63, 3.8) is 0 Å². The van der Waals surface area contributed by atoms with Gasteiger partial charge in [0.25, 0.3) is 0 Å². The maximum Gasteiger partial charge on any atom is 0.209 e. The molecule has 0 radical (unpaired) electrons. The molecule has 1 aliphatic rings. The lowest BCUT2D eigenvalue weighted by Crippen LogP contribution is -2.33. The molecule has 1 aliphatic heterocycles. The van der Waals surface area contributed by atoms with Crippen LogP contribution in [0, 0.1) is 5.92 Å². The van der Waals surface area contributed by atoms with Gasteiger partial charge in [0.05, 0.1) is 0 Å². The fourth-order valence-electron chi connectivity index (χ4n) is 2.11. The first-order valence-corrected chi connectivity index (χ1v) is 5.47. The maximum absolute atomic E-state index is 10.5. The molecule has 1 aromatic heterocycles. The molecule has 0 spiro atoms. The highest BCUT2D eigenvalue weighted by Gasteiger charge is 2.17. The largest absolute Gasteiger partial charge is 0.345 e. The second kappa shape index (κ2) is 4.91. The zero-order chi connectivity index (χ0) is 10.5. The molecule has 0 bridgehead atoms. The Bertz CT molecular complexity index is 305. The summed E-state index contributed by atoms with van der Waals surface area (Å²) in [7, 11) is 0. The van der Waals surface area contributed by atoms with E-state index < -0.39 is 0 Å². The number of aromatic nitrogens is 1. The summed E-state index contributed by atoms with van der Waals surface area (Å²) in [4.78, 5) is 16.4. The highest BCUT2D eigenvalue weighted by molar-refractivity contribution is 5.47. The van der Waals surface area contributed by atoms with E-state index in [0.29, 0.717) is 0 Å². The predicted octanol–water partition coefficient (Wildman–Crippen LogP) is 1.49. The van der Waals surface area contributed by atoms with E-state index in [1.165, 1.54) is 5.56 Å². The van der Waals surface area contributed by atoms with Crippen LogP contribution in [-0.4, -0.2) is 29.4 Å². The number of rotatable bonds is 3. The van der Waals surface area contributed by atoms with Crippen molar-refractivity contribution in [1.29, 1.82) is 0 Å². The number of piperidine rings is 1. The second-order valence-electron chi connectivity index (χ2n) is 4.14. The molecule has 3 heteroatoms. The number of carbonyl (C=O) groups excluding carboxylic acids is 1. The molecule has 80 valence electrons. The van der Waals surface area contributed by atoms with Crippen molar-refractivity contribution < 1.29 is 4.79 Å². The third-order valence-corrected chi connectivity index (χ3v) is 3.07. The molecule has 1 saturated heterocycles. The minimum absolute atomic E-state index is 0.726. The van der Waals surface area contributed by atoms with Gasteiger partial charge in [-0.25, -0.2) is 0 Å². The summed E-state index contributed by atoms with van der Waals surface area (Å²) in [6, 6.07) is 4.15. The Labute approximate surface area is 90.1 Å². The lowest BCUT2D eigenvalue weighted by atomic mass is 9.91. The molecule has 15 heavy (non-hydrogen) atoms. The van der Waals surface area contributed by atoms with Crippen LogP contribution in [0.2, 0.25) is 0 Å². The van der Waals surface area contributed by atoms with Gasteiger partial charge in [-0.05, 0) is 42.9 Å². The fraction of sp³-hybridized carbons (Fsp3) is 0.500. The summed E-state index contributed by atoms with van der Waals surface area (Å²) in [5.41, 5.74) is 1.36. The number of nitrogens with zero attached hydrogens (tertiary/aromatic N) is 2. The molecule has 1 aromatic rings. The Hall–Kier alpha value is -1.38. The highest BCUT2D eigenvalue weighted by atomic mass is 16.1. The van der Waals surface area contributed by atoms with Crippen LogP contribution in [0.5, 0.6) is 0 Å². The van der Waals surface area contributed by atoms with Crippen LogP contribution in [0.1, 0.15) is 18.4 Å².